The Kier molecular flexibility index (Phi) is 7.36. The van der Waals surface area contributed by atoms with E-state index in [-0.39, 0.29) is 22.8 Å². The molecule has 0 bridgehead atoms. The Morgan fingerprint density at radius 1 is 1.06 bits per heavy atom. The number of hydrogen-bond donors (Lipinski definition) is 0. The second-order valence-corrected chi connectivity index (χ2v) is 11.2. The van der Waals surface area contributed by atoms with Gasteiger partial charge in [0, 0.05) is 12.5 Å². The normalized spacial score (nSPS) is 23.0. The molecule has 0 aliphatic carbocycles. The fraction of sp³-hybridized carbons (Fsp3) is 0.444. The number of benzene rings is 2. The average Bonchev–Trinajstić information content (AvgIpc) is 3.41. The zero-order valence-corrected chi connectivity index (χ0v) is 21.0. The molecule has 0 aromatic heterocycles. The molecule has 0 saturated carbocycles. The van der Waals surface area contributed by atoms with Crippen LogP contribution in [0, 0.1) is 30.6 Å². The van der Waals surface area contributed by atoms with Crippen molar-refractivity contribution in [3.05, 3.63) is 65.7 Å². The van der Waals surface area contributed by atoms with Crippen LogP contribution in [0.25, 0.3) is 0 Å². The maximum atomic E-state index is 13.8. The predicted octanol–water partition coefficient (Wildman–Crippen LogP) is 4.79. The molecule has 0 amide bonds. The molecule has 33 heavy (non-hydrogen) atoms. The first-order valence-corrected chi connectivity index (χ1v) is 12.8. The van der Waals surface area contributed by atoms with Crippen LogP contribution in [0.5, 0.6) is 0 Å². The lowest BCUT2D eigenvalue weighted by atomic mass is 9.83. The van der Waals surface area contributed by atoms with Crippen molar-refractivity contribution in [1.82, 2.24) is 4.31 Å². The first-order valence-electron chi connectivity index (χ1n) is 11.4. The van der Waals surface area contributed by atoms with Crippen molar-refractivity contribution in [2.45, 2.75) is 70.5 Å². The van der Waals surface area contributed by atoms with E-state index < -0.39 is 27.6 Å². The van der Waals surface area contributed by atoms with Crippen molar-refractivity contribution in [3.63, 3.8) is 0 Å². The summed E-state index contributed by atoms with van der Waals surface area (Å²) >= 11 is 0. The lowest BCUT2D eigenvalue weighted by Gasteiger charge is -2.27. The molecule has 1 unspecified atom stereocenters. The van der Waals surface area contributed by atoms with Crippen LogP contribution in [0.3, 0.4) is 0 Å². The van der Waals surface area contributed by atoms with Gasteiger partial charge in [-0.3, -0.25) is 4.79 Å². The van der Waals surface area contributed by atoms with Crippen LogP contribution in [0.2, 0.25) is 0 Å². The van der Waals surface area contributed by atoms with Gasteiger partial charge in [0.2, 0.25) is 10.0 Å². The fourth-order valence-electron chi connectivity index (χ4n) is 4.59. The van der Waals surface area contributed by atoms with Crippen molar-refractivity contribution >= 4 is 16.0 Å². The minimum atomic E-state index is -3.82. The van der Waals surface area contributed by atoms with Crippen molar-refractivity contribution in [2.24, 2.45) is 11.8 Å². The van der Waals surface area contributed by atoms with Crippen LogP contribution in [-0.4, -0.2) is 36.4 Å². The molecule has 1 aliphatic rings. The maximum absolute atomic E-state index is 13.8. The highest BCUT2D eigenvalue weighted by atomic mass is 32.2. The number of ether oxygens (including phenoxy) is 1. The van der Waals surface area contributed by atoms with E-state index in [1.807, 2.05) is 51.1 Å². The minimum absolute atomic E-state index is 0.129. The highest BCUT2D eigenvalue weighted by molar-refractivity contribution is 7.89. The number of sulfonamides is 1. The van der Waals surface area contributed by atoms with E-state index in [9.17, 15) is 13.2 Å². The van der Waals surface area contributed by atoms with E-state index in [4.69, 9.17) is 4.74 Å². The molecule has 1 heterocycles. The van der Waals surface area contributed by atoms with Gasteiger partial charge in [-0.25, -0.2) is 8.42 Å². The molecular weight excluding hydrogens is 434 g/mol. The van der Waals surface area contributed by atoms with Gasteiger partial charge in [-0.2, -0.15) is 4.31 Å². The Balaban J connectivity index is 2.14. The molecule has 4 atom stereocenters. The molecule has 6 heteroatoms. The number of hydrogen-bond acceptors (Lipinski definition) is 4. The molecule has 1 saturated heterocycles. The summed E-state index contributed by atoms with van der Waals surface area (Å²) in [7, 11) is -3.82. The van der Waals surface area contributed by atoms with Crippen LogP contribution in [0.15, 0.2) is 59.5 Å². The summed E-state index contributed by atoms with van der Waals surface area (Å²) in [4.78, 5) is 12.3. The SMILES string of the molecule is CC(=O)O[C@H](C#Cc1ccccc1)[C@@]1(C(C)C)[C@H](CC(C)C)N1S(=O)(=O)c1ccc(C)cc1. The summed E-state index contributed by atoms with van der Waals surface area (Å²) in [5, 5.41) is 0. The van der Waals surface area contributed by atoms with Gasteiger partial charge in [-0.15, -0.1) is 0 Å². The summed E-state index contributed by atoms with van der Waals surface area (Å²) in [5.74, 6) is 5.86. The second-order valence-electron chi connectivity index (χ2n) is 9.43. The first-order chi connectivity index (χ1) is 15.5. The Labute approximate surface area is 198 Å². The molecule has 0 N–H and O–H groups in total. The molecule has 1 aliphatic heterocycles. The van der Waals surface area contributed by atoms with Gasteiger partial charge in [0.1, 0.15) is 5.54 Å². The number of carbonyl (C=O) groups excluding carboxylic acids is 1. The second kappa shape index (κ2) is 9.70. The Bertz CT molecular complexity index is 1140. The molecule has 1 fully saturated rings. The minimum Gasteiger partial charge on any atom is -0.447 e. The lowest BCUT2D eigenvalue weighted by molar-refractivity contribution is -0.146. The summed E-state index contributed by atoms with van der Waals surface area (Å²) in [5.41, 5.74) is 0.823. The molecule has 2 aromatic rings. The lowest BCUT2D eigenvalue weighted by Crippen LogP contribution is -2.43. The number of carbonyl (C=O) groups is 1. The average molecular weight is 468 g/mol. The molecule has 0 radical (unpaired) electrons. The third-order valence-electron chi connectivity index (χ3n) is 6.15. The van der Waals surface area contributed by atoms with Crippen LogP contribution in [0.1, 0.15) is 52.2 Å². The number of aryl methyl sites for hydroxylation is 1. The Hall–Kier alpha value is -2.62. The van der Waals surface area contributed by atoms with E-state index >= 15 is 0 Å². The van der Waals surface area contributed by atoms with Gasteiger partial charge in [0.15, 0.2) is 6.10 Å². The maximum Gasteiger partial charge on any atom is 0.303 e. The molecule has 176 valence electrons. The van der Waals surface area contributed by atoms with Crippen molar-refractivity contribution in [1.29, 1.82) is 0 Å². The summed E-state index contributed by atoms with van der Waals surface area (Å²) in [6.45, 7) is 11.3. The van der Waals surface area contributed by atoms with Crippen molar-refractivity contribution in [3.8, 4) is 11.8 Å². The van der Waals surface area contributed by atoms with Crippen LogP contribution in [-0.2, 0) is 19.6 Å². The monoisotopic (exact) mass is 467 g/mol. The van der Waals surface area contributed by atoms with Gasteiger partial charge in [0.05, 0.1) is 10.9 Å². The molecule has 3 rings (SSSR count). The van der Waals surface area contributed by atoms with Crippen molar-refractivity contribution < 1.29 is 17.9 Å². The van der Waals surface area contributed by atoms with Crippen LogP contribution >= 0.6 is 0 Å². The topological polar surface area (TPSA) is 63.5 Å². The van der Waals surface area contributed by atoms with E-state index in [1.165, 1.54) is 6.92 Å². The molecule has 5 nitrogen and oxygen atoms in total. The number of esters is 1. The summed E-state index contributed by atoms with van der Waals surface area (Å²) < 4.78 is 34.9. The van der Waals surface area contributed by atoms with Crippen LogP contribution < -0.4 is 0 Å². The highest BCUT2D eigenvalue weighted by Gasteiger charge is 2.74. The van der Waals surface area contributed by atoms with Gasteiger partial charge in [0.25, 0.3) is 0 Å². The Morgan fingerprint density at radius 3 is 2.18 bits per heavy atom. The summed E-state index contributed by atoms with van der Waals surface area (Å²) in [6.07, 6.45) is -0.243. The van der Waals surface area contributed by atoms with E-state index in [0.717, 1.165) is 11.1 Å². The quantitative estimate of drug-likeness (QED) is 0.334. The number of nitrogens with zero attached hydrogens (tertiary/aromatic N) is 1. The standard InChI is InChI=1S/C27H33NO4S/c1-19(2)18-25-27(20(3)4,28(25)33(30,31)24-15-12-21(5)13-16-24)26(32-22(6)29)17-14-23-10-8-7-9-11-23/h7-13,15-16,19-20,25-26H,18H2,1-6H3/t25-,26+,27+,28?/m0/s1. The van der Waals surface area contributed by atoms with Crippen molar-refractivity contribution in [2.75, 3.05) is 0 Å². The summed E-state index contributed by atoms with van der Waals surface area (Å²) in [6, 6.07) is 16.0. The van der Waals surface area contributed by atoms with E-state index in [1.54, 1.807) is 28.6 Å². The Morgan fingerprint density at radius 2 is 1.67 bits per heavy atom. The third kappa shape index (κ3) is 5.00. The fourth-order valence-corrected chi connectivity index (χ4v) is 6.69. The van der Waals surface area contributed by atoms with Gasteiger partial charge < -0.3 is 4.74 Å². The zero-order valence-electron chi connectivity index (χ0n) is 20.2. The third-order valence-corrected chi connectivity index (χ3v) is 8.11. The van der Waals surface area contributed by atoms with Gasteiger partial charge >= 0.3 is 5.97 Å². The smallest absolute Gasteiger partial charge is 0.303 e. The number of rotatable bonds is 7. The predicted molar refractivity (Wildman–Crippen MR) is 130 cm³/mol. The zero-order chi connectivity index (χ0) is 24.4. The molecule has 0 spiro atoms. The van der Waals surface area contributed by atoms with E-state index in [0.29, 0.717) is 6.42 Å². The van der Waals surface area contributed by atoms with E-state index in [2.05, 4.69) is 25.7 Å². The molecule has 2 aromatic carbocycles. The highest BCUT2D eigenvalue weighted by Crippen LogP contribution is 2.56. The van der Waals surface area contributed by atoms with Crippen LogP contribution in [0.4, 0.5) is 0 Å². The van der Waals surface area contributed by atoms with Gasteiger partial charge in [-0.1, -0.05) is 75.4 Å². The largest absolute Gasteiger partial charge is 0.447 e. The first kappa shape index (κ1) is 25.0. The van der Waals surface area contributed by atoms with Gasteiger partial charge in [-0.05, 0) is 49.4 Å². The molecular formula is C27H33NO4S.